The smallest absolute Gasteiger partial charge is 0.336 e. The SMILES string of the molecule is CCCC(=O)c1c(O)c2c(c3c(C(O)CC)cc(=O)oc13)OC(C)(CCC=C(C)C)C=C2. The Kier molecular flexibility index (Phi) is 6.94. The number of aliphatic hydroxyl groups excluding tert-OH is 1. The molecule has 0 amide bonds. The van der Waals surface area contributed by atoms with Gasteiger partial charge in [0.05, 0.1) is 17.1 Å². The zero-order valence-corrected chi connectivity index (χ0v) is 19.4. The number of fused-ring (bicyclic) bond motifs is 3. The van der Waals surface area contributed by atoms with Gasteiger partial charge in [-0.05, 0) is 58.6 Å². The third-order valence-corrected chi connectivity index (χ3v) is 5.82. The van der Waals surface area contributed by atoms with Crippen LogP contribution in [0.15, 0.2) is 33.0 Å². The number of aromatic hydroxyl groups is 1. The fourth-order valence-corrected chi connectivity index (χ4v) is 4.07. The summed E-state index contributed by atoms with van der Waals surface area (Å²) in [6.07, 6.45) is 7.44. The summed E-state index contributed by atoms with van der Waals surface area (Å²) in [5.74, 6) is -0.270. The average molecular weight is 441 g/mol. The van der Waals surface area contributed by atoms with Gasteiger partial charge in [-0.3, -0.25) is 4.79 Å². The molecule has 172 valence electrons. The van der Waals surface area contributed by atoms with E-state index in [0.29, 0.717) is 41.5 Å². The number of phenols is 1. The highest BCUT2D eigenvalue weighted by molar-refractivity contribution is 6.12. The van der Waals surface area contributed by atoms with Crippen LogP contribution in [-0.2, 0) is 0 Å². The van der Waals surface area contributed by atoms with Crippen molar-refractivity contribution in [3.63, 3.8) is 0 Å². The molecule has 0 saturated heterocycles. The van der Waals surface area contributed by atoms with Crippen molar-refractivity contribution in [2.45, 2.75) is 78.4 Å². The summed E-state index contributed by atoms with van der Waals surface area (Å²) >= 11 is 0. The first-order valence-corrected chi connectivity index (χ1v) is 11.2. The highest BCUT2D eigenvalue weighted by atomic mass is 16.5. The molecule has 0 fully saturated rings. The number of carbonyl (C=O) groups excluding carboxylic acids is 1. The van der Waals surface area contributed by atoms with E-state index in [1.807, 2.05) is 33.8 Å². The van der Waals surface area contributed by atoms with Crippen molar-refractivity contribution < 1.29 is 24.2 Å². The van der Waals surface area contributed by atoms with Gasteiger partial charge in [0.15, 0.2) is 11.4 Å². The minimum atomic E-state index is -0.948. The van der Waals surface area contributed by atoms with Crippen molar-refractivity contribution in [1.29, 1.82) is 0 Å². The molecule has 0 spiro atoms. The number of ketones is 1. The lowest BCUT2D eigenvalue weighted by Gasteiger charge is -2.33. The molecule has 1 aromatic carbocycles. The van der Waals surface area contributed by atoms with Crippen LogP contribution in [0.2, 0.25) is 0 Å². The Morgan fingerprint density at radius 3 is 2.62 bits per heavy atom. The van der Waals surface area contributed by atoms with E-state index in [2.05, 4.69) is 6.08 Å². The quantitative estimate of drug-likeness (QED) is 0.304. The van der Waals surface area contributed by atoms with Gasteiger partial charge in [-0.15, -0.1) is 0 Å². The fraction of sp³-hybridized carbons (Fsp3) is 0.462. The molecule has 6 nitrogen and oxygen atoms in total. The van der Waals surface area contributed by atoms with Crippen LogP contribution in [-0.4, -0.2) is 21.6 Å². The average Bonchev–Trinajstić information content (AvgIpc) is 2.72. The number of benzene rings is 1. The summed E-state index contributed by atoms with van der Waals surface area (Å²) in [4.78, 5) is 25.2. The normalized spacial score (nSPS) is 18.2. The summed E-state index contributed by atoms with van der Waals surface area (Å²) in [7, 11) is 0. The number of rotatable bonds is 8. The number of hydrogen-bond donors (Lipinski definition) is 2. The Balaban J connectivity index is 2.32. The zero-order chi connectivity index (χ0) is 23.6. The molecule has 2 heterocycles. The summed E-state index contributed by atoms with van der Waals surface area (Å²) in [5.41, 5.74) is 0.477. The van der Waals surface area contributed by atoms with E-state index in [0.717, 1.165) is 6.42 Å². The number of Topliss-reactive ketones (excluding diaryl/α,β-unsaturated/α-hetero) is 1. The van der Waals surface area contributed by atoms with Crippen LogP contribution in [0.5, 0.6) is 11.5 Å². The second kappa shape index (κ2) is 9.33. The van der Waals surface area contributed by atoms with Gasteiger partial charge in [-0.25, -0.2) is 4.79 Å². The Bertz CT molecular complexity index is 1150. The van der Waals surface area contributed by atoms with Crippen LogP contribution >= 0.6 is 0 Å². The van der Waals surface area contributed by atoms with Gasteiger partial charge in [0, 0.05) is 18.1 Å². The summed E-state index contributed by atoms with van der Waals surface area (Å²) in [6, 6.07) is 1.24. The number of allylic oxidation sites excluding steroid dienone is 2. The van der Waals surface area contributed by atoms with Gasteiger partial charge < -0.3 is 19.4 Å². The highest BCUT2D eigenvalue weighted by Crippen LogP contribution is 2.48. The van der Waals surface area contributed by atoms with Gasteiger partial charge in [0.1, 0.15) is 22.7 Å². The molecule has 1 aliphatic rings. The zero-order valence-electron chi connectivity index (χ0n) is 19.4. The summed E-state index contributed by atoms with van der Waals surface area (Å²) in [6.45, 7) is 9.68. The monoisotopic (exact) mass is 440 g/mol. The second-order valence-corrected chi connectivity index (χ2v) is 8.86. The number of aliphatic hydroxyl groups is 1. The topological polar surface area (TPSA) is 97.0 Å². The van der Waals surface area contributed by atoms with Crippen molar-refractivity contribution in [3.05, 3.63) is 50.9 Å². The Morgan fingerprint density at radius 2 is 2.00 bits per heavy atom. The van der Waals surface area contributed by atoms with E-state index in [-0.39, 0.29) is 29.1 Å². The van der Waals surface area contributed by atoms with Gasteiger partial charge in [0.2, 0.25) is 0 Å². The predicted octanol–water partition coefficient (Wildman–Crippen LogP) is 5.84. The van der Waals surface area contributed by atoms with Crippen LogP contribution in [0, 0.1) is 0 Å². The van der Waals surface area contributed by atoms with Gasteiger partial charge in [-0.1, -0.05) is 25.5 Å². The molecular weight excluding hydrogens is 408 g/mol. The molecule has 0 radical (unpaired) electrons. The minimum Gasteiger partial charge on any atom is -0.506 e. The molecule has 1 aromatic heterocycles. The standard InChI is InChI=1S/C26H32O6/c1-6-9-19(28)22-23(30)16-11-13-26(5,12-8-10-15(3)4)32-24(16)21-17(18(27)7-2)14-20(29)31-25(21)22/h10-11,13-14,18,27,30H,6-9,12H2,1-5H3. The van der Waals surface area contributed by atoms with Gasteiger partial charge >= 0.3 is 5.63 Å². The van der Waals surface area contributed by atoms with Crippen LogP contribution in [0.4, 0.5) is 0 Å². The van der Waals surface area contributed by atoms with E-state index >= 15 is 0 Å². The molecule has 0 aliphatic carbocycles. The largest absolute Gasteiger partial charge is 0.506 e. The molecule has 2 aromatic rings. The Hall–Kier alpha value is -2.86. The van der Waals surface area contributed by atoms with E-state index in [9.17, 15) is 19.8 Å². The second-order valence-electron chi connectivity index (χ2n) is 8.86. The van der Waals surface area contributed by atoms with E-state index in [4.69, 9.17) is 9.15 Å². The highest BCUT2D eigenvalue weighted by Gasteiger charge is 2.34. The fourth-order valence-electron chi connectivity index (χ4n) is 4.07. The first kappa shape index (κ1) is 23.8. The first-order chi connectivity index (χ1) is 15.1. The van der Waals surface area contributed by atoms with Crippen LogP contribution < -0.4 is 10.4 Å². The first-order valence-electron chi connectivity index (χ1n) is 11.2. The number of carbonyl (C=O) groups is 1. The maximum atomic E-state index is 12.9. The molecule has 6 heteroatoms. The molecular formula is C26H32O6. The van der Waals surface area contributed by atoms with Crippen molar-refractivity contribution in [2.24, 2.45) is 0 Å². The lowest BCUT2D eigenvalue weighted by Crippen LogP contribution is -2.32. The Labute approximate surface area is 188 Å². The predicted molar refractivity (Wildman–Crippen MR) is 125 cm³/mol. The number of hydrogen-bond acceptors (Lipinski definition) is 6. The third-order valence-electron chi connectivity index (χ3n) is 5.82. The minimum absolute atomic E-state index is 0.0309. The van der Waals surface area contributed by atoms with Crippen molar-refractivity contribution in [3.8, 4) is 11.5 Å². The molecule has 2 atom stereocenters. The number of ether oxygens (including phenoxy) is 1. The van der Waals surface area contributed by atoms with Crippen molar-refractivity contribution in [1.82, 2.24) is 0 Å². The molecule has 0 saturated carbocycles. The molecule has 2 unspecified atom stereocenters. The van der Waals surface area contributed by atoms with Crippen molar-refractivity contribution >= 4 is 22.8 Å². The van der Waals surface area contributed by atoms with Gasteiger partial charge in [0.25, 0.3) is 0 Å². The molecule has 32 heavy (non-hydrogen) atoms. The maximum Gasteiger partial charge on any atom is 0.336 e. The molecule has 3 rings (SSSR count). The number of phenolic OH excluding ortho intramolecular Hbond substituents is 1. The molecule has 0 bridgehead atoms. The third kappa shape index (κ3) is 4.51. The van der Waals surface area contributed by atoms with E-state index in [1.54, 1.807) is 13.0 Å². The lowest BCUT2D eigenvalue weighted by atomic mass is 9.89. The summed E-state index contributed by atoms with van der Waals surface area (Å²) < 4.78 is 11.9. The lowest BCUT2D eigenvalue weighted by molar-refractivity contribution is 0.0979. The van der Waals surface area contributed by atoms with Crippen LogP contribution in [0.25, 0.3) is 17.0 Å². The van der Waals surface area contributed by atoms with Crippen molar-refractivity contribution in [2.75, 3.05) is 0 Å². The molecule has 1 aliphatic heterocycles. The van der Waals surface area contributed by atoms with Gasteiger partial charge in [-0.2, -0.15) is 0 Å². The summed E-state index contributed by atoms with van der Waals surface area (Å²) in [5, 5.41) is 22.1. The van der Waals surface area contributed by atoms with E-state index in [1.165, 1.54) is 11.6 Å². The maximum absolute atomic E-state index is 12.9. The van der Waals surface area contributed by atoms with E-state index < -0.39 is 17.3 Å². The van der Waals surface area contributed by atoms with Crippen LogP contribution in [0.1, 0.15) is 94.3 Å². The van der Waals surface area contributed by atoms with Crippen LogP contribution in [0.3, 0.4) is 0 Å². The molecule has 2 N–H and O–H groups in total. The Morgan fingerprint density at radius 1 is 1.28 bits per heavy atom.